The molecule has 0 spiro atoms. The van der Waals surface area contributed by atoms with Crippen LogP contribution in [-0.4, -0.2) is 49.9 Å². The fraction of sp³-hybridized carbons (Fsp3) is 0.700. The average Bonchev–Trinajstić information content (AvgIpc) is 2.66. The van der Waals surface area contributed by atoms with Crippen LogP contribution in [0.5, 0.6) is 0 Å². The molecule has 1 aromatic rings. The van der Waals surface area contributed by atoms with Crippen LogP contribution >= 0.6 is 0 Å². The van der Waals surface area contributed by atoms with Crippen molar-refractivity contribution in [2.45, 2.75) is 32.4 Å². The third-order valence-corrected chi connectivity index (χ3v) is 2.44. The van der Waals surface area contributed by atoms with Crippen LogP contribution in [0.15, 0.2) is 6.20 Å². The van der Waals surface area contributed by atoms with Crippen molar-refractivity contribution in [3.05, 3.63) is 11.9 Å². The number of rotatable bonds is 7. The third-order valence-electron chi connectivity index (χ3n) is 2.44. The van der Waals surface area contributed by atoms with Crippen LogP contribution in [-0.2, 0) is 6.54 Å². The summed E-state index contributed by atoms with van der Waals surface area (Å²) in [6.07, 6.45) is 2.05. The highest BCUT2D eigenvalue weighted by atomic mass is 16.4. The SMILES string of the molecule is CC(C)(CCO)NCCn1cc(C(=O)O)nn1. The molecule has 0 bridgehead atoms. The fourth-order valence-corrected chi connectivity index (χ4v) is 1.38. The Bertz CT molecular complexity index is 375. The third kappa shape index (κ3) is 4.49. The molecule has 0 aromatic carbocycles. The van der Waals surface area contributed by atoms with Crippen LogP contribution in [0, 0.1) is 0 Å². The van der Waals surface area contributed by atoms with Gasteiger partial charge in [-0.1, -0.05) is 5.21 Å². The van der Waals surface area contributed by atoms with Gasteiger partial charge in [0.1, 0.15) is 0 Å². The molecule has 7 nitrogen and oxygen atoms in total. The molecule has 0 aliphatic heterocycles. The largest absolute Gasteiger partial charge is 0.476 e. The Morgan fingerprint density at radius 1 is 1.59 bits per heavy atom. The molecular formula is C10H18N4O3. The zero-order valence-electron chi connectivity index (χ0n) is 10.1. The van der Waals surface area contributed by atoms with Gasteiger partial charge in [-0.2, -0.15) is 0 Å². The highest BCUT2D eigenvalue weighted by molar-refractivity contribution is 5.84. The number of aromatic carboxylic acids is 1. The summed E-state index contributed by atoms with van der Waals surface area (Å²) < 4.78 is 1.48. The lowest BCUT2D eigenvalue weighted by molar-refractivity contribution is 0.0690. The molecule has 0 saturated carbocycles. The van der Waals surface area contributed by atoms with Crippen LogP contribution in [0.25, 0.3) is 0 Å². The Kier molecular flexibility index (Phi) is 4.59. The Morgan fingerprint density at radius 2 is 2.29 bits per heavy atom. The first-order valence-corrected chi connectivity index (χ1v) is 5.44. The molecule has 3 N–H and O–H groups in total. The summed E-state index contributed by atoms with van der Waals surface area (Å²) >= 11 is 0. The van der Waals surface area contributed by atoms with Gasteiger partial charge in [-0.05, 0) is 20.3 Å². The van der Waals surface area contributed by atoms with Gasteiger partial charge in [0.05, 0.1) is 12.7 Å². The topological polar surface area (TPSA) is 100 Å². The number of aromatic nitrogens is 3. The van der Waals surface area contributed by atoms with Crippen LogP contribution in [0.1, 0.15) is 30.8 Å². The maximum absolute atomic E-state index is 10.6. The lowest BCUT2D eigenvalue weighted by Crippen LogP contribution is -2.41. The van der Waals surface area contributed by atoms with E-state index in [1.807, 2.05) is 13.8 Å². The van der Waals surface area contributed by atoms with Gasteiger partial charge in [-0.25, -0.2) is 4.79 Å². The maximum Gasteiger partial charge on any atom is 0.358 e. The first kappa shape index (κ1) is 13.6. The summed E-state index contributed by atoms with van der Waals surface area (Å²) in [6, 6.07) is 0. The normalized spacial score (nSPS) is 11.7. The predicted molar refractivity (Wildman–Crippen MR) is 60.8 cm³/mol. The van der Waals surface area contributed by atoms with Gasteiger partial charge in [-0.15, -0.1) is 5.10 Å². The highest BCUT2D eigenvalue weighted by Gasteiger charge is 2.15. The Hall–Kier alpha value is -1.47. The monoisotopic (exact) mass is 242 g/mol. The predicted octanol–water partition coefficient (Wildman–Crippen LogP) is -0.273. The van der Waals surface area contributed by atoms with Gasteiger partial charge in [-0.3, -0.25) is 4.68 Å². The summed E-state index contributed by atoms with van der Waals surface area (Å²) in [5.41, 5.74) is -0.204. The molecule has 0 aliphatic rings. The van der Waals surface area contributed by atoms with Gasteiger partial charge >= 0.3 is 5.97 Å². The summed E-state index contributed by atoms with van der Waals surface area (Å²) in [7, 11) is 0. The molecule has 1 heterocycles. The molecule has 1 rings (SSSR count). The van der Waals surface area contributed by atoms with Crippen molar-refractivity contribution in [1.29, 1.82) is 0 Å². The molecule has 0 amide bonds. The lowest BCUT2D eigenvalue weighted by atomic mass is 10.0. The number of nitrogens with zero attached hydrogens (tertiary/aromatic N) is 3. The van der Waals surface area contributed by atoms with E-state index >= 15 is 0 Å². The number of carboxylic acids is 1. The van der Waals surface area contributed by atoms with E-state index in [2.05, 4.69) is 15.6 Å². The van der Waals surface area contributed by atoms with Gasteiger partial charge in [0, 0.05) is 18.7 Å². The average molecular weight is 242 g/mol. The van der Waals surface area contributed by atoms with E-state index in [0.29, 0.717) is 19.5 Å². The van der Waals surface area contributed by atoms with Gasteiger partial charge < -0.3 is 15.5 Å². The number of aliphatic hydroxyl groups is 1. The molecule has 0 aliphatic carbocycles. The molecule has 0 radical (unpaired) electrons. The summed E-state index contributed by atoms with van der Waals surface area (Å²) in [5.74, 6) is -1.08. The number of carbonyl (C=O) groups is 1. The van der Waals surface area contributed by atoms with Crippen LogP contribution in [0.3, 0.4) is 0 Å². The van der Waals surface area contributed by atoms with Crippen LogP contribution < -0.4 is 5.32 Å². The van der Waals surface area contributed by atoms with Crippen molar-refractivity contribution in [1.82, 2.24) is 20.3 Å². The quantitative estimate of drug-likeness (QED) is 0.608. The Morgan fingerprint density at radius 3 is 2.82 bits per heavy atom. The first-order chi connectivity index (χ1) is 7.94. The van der Waals surface area contributed by atoms with Crippen molar-refractivity contribution < 1.29 is 15.0 Å². The number of aliphatic hydroxyl groups excluding tert-OH is 1. The number of hydrogen-bond donors (Lipinski definition) is 3. The van der Waals surface area contributed by atoms with Crippen molar-refractivity contribution in [2.24, 2.45) is 0 Å². The van der Waals surface area contributed by atoms with E-state index in [-0.39, 0.29) is 17.8 Å². The van der Waals surface area contributed by atoms with E-state index in [0.717, 1.165) is 0 Å². The first-order valence-electron chi connectivity index (χ1n) is 5.44. The second kappa shape index (κ2) is 5.74. The number of nitrogens with one attached hydrogen (secondary N) is 1. The zero-order valence-corrected chi connectivity index (χ0v) is 10.1. The van der Waals surface area contributed by atoms with E-state index in [4.69, 9.17) is 10.2 Å². The zero-order chi connectivity index (χ0) is 12.9. The Balaban J connectivity index is 2.38. The van der Waals surface area contributed by atoms with Crippen molar-refractivity contribution in [2.75, 3.05) is 13.2 Å². The second-order valence-electron chi connectivity index (χ2n) is 4.46. The molecule has 0 saturated heterocycles. The van der Waals surface area contributed by atoms with Gasteiger partial charge in [0.15, 0.2) is 5.69 Å². The maximum atomic E-state index is 10.6. The molecule has 0 atom stereocenters. The van der Waals surface area contributed by atoms with Gasteiger partial charge in [0.2, 0.25) is 0 Å². The van der Waals surface area contributed by atoms with E-state index in [9.17, 15) is 4.79 Å². The molecular weight excluding hydrogens is 224 g/mol. The number of carboxylic acid groups (broad SMARTS) is 1. The Labute approximate surface area is 99.4 Å². The van der Waals surface area contributed by atoms with Crippen molar-refractivity contribution >= 4 is 5.97 Å². The van der Waals surface area contributed by atoms with Crippen molar-refractivity contribution in [3.8, 4) is 0 Å². The fourth-order valence-electron chi connectivity index (χ4n) is 1.38. The van der Waals surface area contributed by atoms with E-state index in [1.54, 1.807) is 0 Å². The highest BCUT2D eigenvalue weighted by Crippen LogP contribution is 2.06. The number of hydrogen-bond acceptors (Lipinski definition) is 5. The van der Waals surface area contributed by atoms with E-state index in [1.165, 1.54) is 10.9 Å². The smallest absolute Gasteiger partial charge is 0.358 e. The molecule has 1 aromatic heterocycles. The standard InChI is InChI=1S/C10H18N4O3/c1-10(2,3-6-15)11-4-5-14-7-8(9(16)17)12-13-14/h7,11,15H,3-6H2,1-2H3,(H,16,17). The summed E-state index contributed by atoms with van der Waals surface area (Å²) in [4.78, 5) is 10.6. The second-order valence-corrected chi connectivity index (χ2v) is 4.46. The molecule has 0 unspecified atom stereocenters. The van der Waals surface area contributed by atoms with Gasteiger partial charge in [0.25, 0.3) is 0 Å². The molecule has 17 heavy (non-hydrogen) atoms. The summed E-state index contributed by atoms with van der Waals surface area (Å²) in [6.45, 7) is 5.29. The molecule has 7 heteroatoms. The minimum Gasteiger partial charge on any atom is -0.476 e. The van der Waals surface area contributed by atoms with Crippen LogP contribution in [0.2, 0.25) is 0 Å². The molecule has 0 fully saturated rings. The summed E-state index contributed by atoms with van der Waals surface area (Å²) in [5, 5.41) is 28.0. The lowest BCUT2D eigenvalue weighted by Gasteiger charge is -2.25. The minimum atomic E-state index is -1.08. The van der Waals surface area contributed by atoms with Crippen LogP contribution in [0.4, 0.5) is 0 Å². The minimum absolute atomic E-state index is 0.0559. The van der Waals surface area contributed by atoms with E-state index < -0.39 is 5.97 Å². The molecule has 96 valence electrons. The van der Waals surface area contributed by atoms with Crippen molar-refractivity contribution in [3.63, 3.8) is 0 Å².